The normalized spacial score (nSPS) is 24.7. The number of benzene rings is 1. The second-order valence-corrected chi connectivity index (χ2v) is 9.87. The summed E-state index contributed by atoms with van der Waals surface area (Å²) in [6, 6.07) is 6.18. The largest absolute Gasteiger partial charge is 0.494 e. The van der Waals surface area contributed by atoms with Crippen molar-refractivity contribution in [2.45, 2.75) is 83.5 Å². The number of fused-ring (bicyclic) bond motifs is 1. The second kappa shape index (κ2) is 6.58. The van der Waals surface area contributed by atoms with Gasteiger partial charge in [-0.05, 0) is 77.9 Å². The predicted molar refractivity (Wildman–Crippen MR) is 111 cm³/mol. The molecule has 4 rings (SSSR count). The Morgan fingerprint density at radius 2 is 1.75 bits per heavy atom. The molecule has 1 aliphatic carbocycles. The molecule has 1 aromatic rings. The molecular formula is C22H32BNO4. The molecular weight excluding hydrogens is 353 g/mol. The third kappa shape index (κ3) is 3.29. The molecule has 152 valence electrons. The Bertz CT molecular complexity index is 769. The molecule has 0 bridgehead atoms. The van der Waals surface area contributed by atoms with E-state index in [-0.39, 0.29) is 17.1 Å². The first-order chi connectivity index (χ1) is 13.0. The van der Waals surface area contributed by atoms with Crippen LogP contribution in [0.15, 0.2) is 18.2 Å². The lowest BCUT2D eigenvalue weighted by Crippen LogP contribution is -2.41. The van der Waals surface area contributed by atoms with Crippen molar-refractivity contribution in [1.29, 1.82) is 0 Å². The Hall–Kier alpha value is -1.37. The van der Waals surface area contributed by atoms with Gasteiger partial charge in [0, 0.05) is 18.8 Å². The zero-order valence-corrected chi connectivity index (χ0v) is 18.0. The maximum absolute atomic E-state index is 13.1. The fourth-order valence-electron chi connectivity index (χ4n) is 3.92. The number of hydrogen-bond acceptors (Lipinski definition) is 4. The molecule has 1 aromatic carbocycles. The van der Waals surface area contributed by atoms with Crippen molar-refractivity contribution in [3.63, 3.8) is 0 Å². The van der Waals surface area contributed by atoms with Gasteiger partial charge >= 0.3 is 7.12 Å². The Balaban J connectivity index is 1.56. The van der Waals surface area contributed by atoms with Crippen molar-refractivity contribution in [2.24, 2.45) is 0 Å². The number of carbonyl (C=O) groups is 1. The number of hydrogen-bond donors (Lipinski definition) is 0. The predicted octanol–water partition coefficient (Wildman–Crippen LogP) is 3.18. The van der Waals surface area contributed by atoms with Crippen LogP contribution in [0.25, 0.3) is 0 Å². The number of amides is 1. The average Bonchev–Trinajstić information content (AvgIpc) is 3.37. The molecule has 28 heavy (non-hydrogen) atoms. The van der Waals surface area contributed by atoms with E-state index in [0.29, 0.717) is 19.3 Å². The molecule has 0 radical (unpaired) electrons. The van der Waals surface area contributed by atoms with Crippen LogP contribution in [0.2, 0.25) is 0 Å². The first-order valence-corrected chi connectivity index (χ1v) is 10.5. The topological polar surface area (TPSA) is 48.0 Å². The zero-order valence-electron chi connectivity index (χ0n) is 18.0. The molecule has 2 aliphatic heterocycles. The number of ether oxygens (including phenoxy) is 1. The molecule has 0 N–H and O–H groups in total. The van der Waals surface area contributed by atoms with Gasteiger partial charge in [0.1, 0.15) is 0 Å². The van der Waals surface area contributed by atoms with Gasteiger partial charge in [-0.15, -0.1) is 0 Å². The van der Waals surface area contributed by atoms with Gasteiger partial charge in [0.25, 0.3) is 0 Å². The Kier molecular flexibility index (Phi) is 4.68. The highest BCUT2D eigenvalue weighted by Gasteiger charge is 2.52. The summed E-state index contributed by atoms with van der Waals surface area (Å²) in [6.07, 6.45) is 3.65. The van der Waals surface area contributed by atoms with Crippen LogP contribution in [0.4, 0.5) is 5.69 Å². The highest BCUT2D eigenvalue weighted by molar-refractivity contribution is 6.62. The van der Waals surface area contributed by atoms with Gasteiger partial charge < -0.3 is 18.9 Å². The third-order valence-electron chi connectivity index (χ3n) is 6.70. The molecule has 3 aliphatic rings. The first kappa shape index (κ1) is 19.9. The van der Waals surface area contributed by atoms with E-state index in [4.69, 9.17) is 14.0 Å². The second-order valence-electron chi connectivity index (χ2n) is 9.87. The van der Waals surface area contributed by atoms with E-state index in [1.807, 2.05) is 24.8 Å². The van der Waals surface area contributed by atoms with Crippen LogP contribution in [0, 0.1) is 0 Å². The van der Waals surface area contributed by atoms with Crippen LogP contribution in [-0.2, 0) is 24.3 Å². The Labute approximate surface area is 168 Å². The van der Waals surface area contributed by atoms with E-state index in [9.17, 15) is 4.79 Å². The smallest absolute Gasteiger partial charge is 0.399 e. The summed E-state index contributed by atoms with van der Waals surface area (Å²) in [4.78, 5) is 15.0. The summed E-state index contributed by atoms with van der Waals surface area (Å²) in [7, 11) is -0.422. The van der Waals surface area contributed by atoms with Crippen molar-refractivity contribution in [3.8, 4) is 0 Å². The lowest BCUT2D eigenvalue weighted by molar-refractivity contribution is -0.122. The molecule has 0 aromatic heterocycles. The zero-order chi connectivity index (χ0) is 20.3. The molecule has 5 nitrogen and oxygen atoms in total. The maximum Gasteiger partial charge on any atom is 0.494 e. The molecule has 0 atom stereocenters. The van der Waals surface area contributed by atoms with Gasteiger partial charge in [0.15, 0.2) is 0 Å². The summed E-state index contributed by atoms with van der Waals surface area (Å²) in [5, 5.41) is 0. The number of nitrogens with zero attached hydrogens (tertiary/aromatic N) is 1. The van der Waals surface area contributed by atoms with Gasteiger partial charge in [0.05, 0.1) is 22.7 Å². The van der Waals surface area contributed by atoms with E-state index >= 15 is 0 Å². The van der Waals surface area contributed by atoms with Crippen molar-refractivity contribution in [1.82, 2.24) is 0 Å². The van der Waals surface area contributed by atoms with E-state index < -0.39 is 12.5 Å². The molecule has 2 fully saturated rings. The lowest BCUT2D eigenvalue weighted by Gasteiger charge is -2.32. The van der Waals surface area contributed by atoms with E-state index in [1.165, 1.54) is 12.8 Å². The SMILES string of the molecule is CC1(C)C(=O)N(CCCOC2CC2)c2cc(B3OC(C)(C)C(C)(C)O3)ccc21. The fraction of sp³-hybridized carbons (Fsp3) is 0.682. The molecule has 0 unspecified atom stereocenters. The molecule has 1 saturated heterocycles. The first-order valence-electron chi connectivity index (χ1n) is 10.5. The van der Waals surface area contributed by atoms with Gasteiger partial charge in [-0.25, -0.2) is 0 Å². The van der Waals surface area contributed by atoms with Crippen LogP contribution >= 0.6 is 0 Å². The highest BCUT2D eigenvalue weighted by atomic mass is 16.7. The molecule has 2 heterocycles. The molecule has 0 spiro atoms. The Morgan fingerprint density at radius 3 is 2.36 bits per heavy atom. The van der Waals surface area contributed by atoms with Crippen molar-refractivity contribution in [2.75, 3.05) is 18.1 Å². The fourth-order valence-corrected chi connectivity index (χ4v) is 3.92. The Morgan fingerprint density at radius 1 is 1.11 bits per heavy atom. The summed E-state index contributed by atoms with van der Waals surface area (Å²) in [5.74, 6) is 0.153. The van der Waals surface area contributed by atoms with Crippen LogP contribution in [0.5, 0.6) is 0 Å². The quantitative estimate of drug-likeness (QED) is 0.558. The monoisotopic (exact) mass is 385 g/mol. The summed E-state index contributed by atoms with van der Waals surface area (Å²) in [6.45, 7) is 13.6. The van der Waals surface area contributed by atoms with Gasteiger partial charge in [-0.3, -0.25) is 4.79 Å². The molecule has 6 heteroatoms. The third-order valence-corrected chi connectivity index (χ3v) is 6.70. The average molecular weight is 385 g/mol. The van der Waals surface area contributed by atoms with E-state index in [1.54, 1.807) is 0 Å². The molecule has 1 amide bonds. The molecule has 1 saturated carbocycles. The van der Waals surface area contributed by atoms with Crippen LogP contribution in [0.3, 0.4) is 0 Å². The van der Waals surface area contributed by atoms with Crippen LogP contribution < -0.4 is 10.4 Å². The van der Waals surface area contributed by atoms with Gasteiger partial charge in [-0.1, -0.05) is 12.1 Å². The number of carbonyl (C=O) groups excluding carboxylic acids is 1. The minimum Gasteiger partial charge on any atom is -0.399 e. The summed E-state index contributed by atoms with van der Waals surface area (Å²) in [5.41, 5.74) is 1.73. The maximum atomic E-state index is 13.1. The van der Waals surface area contributed by atoms with Crippen molar-refractivity contribution >= 4 is 24.2 Å². The van der Waals surface area contributed by atoms with Crippen molar-refractivity contribution in [3.05, 3.63) is 23.8 Å². The van der Waals surface area contributed by atoms with Gasteiger partial charge in [-0.2, -0.15) is 0 Å². The van der Waals surface area contributed by atoms with Crippen molar-refractivity contribution < 1.29 is 18.8 Å². The minimum absolute atomic E-state index is 0.153. The van der Waals surface area contributed by atoms with Crippen LogP contribution in [-0.4, -0.2) is 43.5 Å². The minimum atomic E-state index is -0.513. The lowest BCUT2D eigenvalue weighted by atomic mass is 9.77. The number of anilines is 1. The summed E-state index contributed by atoms with van der Waals surface area (Å²) < 4.78 is 18.2. The van der Waals surface area contributed by atoms with E-state index in [2.05, 4.69) is 39.8 Å². The highest BCUT2D eigenvalue weighted by Crippen LogP contribution is 2.42. The van der Waals surface area contributed by atoms with Gasteiger partial charge in [0.2, 0.25) is 5.91 Å². The summed E-state index contributed by atoms with van der Waals surface area (Å²) >= 11 is 0. The number of rotatable bonds is 6. The standard InChI is InChI=1S/C22H32BNO4/c1-20(2)17-11-8-15(23-27-21(3,4)22(5,6)28-23)14-18(17)24(19(20)25)12-7-13-26-16-9-10-16/h8,11,14,16H,7,9-10,12-13H2,1-6H3. The van der Waals surface area contributed by atoms with E-state index in [0.717, 1.165) is 23.1 Å². The van der Waals surface area contributed by atoms with Crippen LogP contribution in [0.1, 0.15) is 66.4 Å².